The summed E-state index contributed by atoms with van der Waals surface area (Å²) in [6.45, 7) is 1.88. The first kappa shape index (κ1) is 21.8. The van der Waals surface area contributed by atoms with Crippen LogP contribution in [0.4, 0.5) is 15.9 Å². The van der Waals surface area contributed by atoms with E-state index in [2.05, 4.69) is 40.3 Å². The maximum Gasteiger partial charge on any atom is 0.227 e. The Morgan fingerprint density at radius 1 is 1.05 bits per heavy atom. The Hall–Kier alpha value is -4.41. The van der Waals surface area contributed by atoms with Gasteiger partial charge in [0.2, 0.25) is 5.91 Å². The molecule has 5 aromatic rings. The van der Waals surface area contributed by atoms with Gasteiger partial charge in [0.1, 0.15) is 16.9 Å². The Morgan fingerprint density at radius 3 is 2.76 bits per heavy atom. The standard InChI is InChI=1S/C26H24FN9O/c27-20-19-18(13-30-21(20)15-10-16(12-28-11-15)31-26(37)14-4-5-14)34-35-23(19)24-32-17-6-7-29-25(22(17)33-24)36-8-2-1-3-9-36/h6-7,10-14H,1-5,8-9H2,(H,31,37)(H,32,33)(H,34,35). The SMILES string of the molecule is O=C(Nc1cncc(-c2ncc3[nH]nc(-c4nc5c(N6CCCCC6)nccc5[nH]4)c3c2F)c1)C1CC1. The molecule has 1 aliphatic heterocycles. The normalized spacial score (nSPS) is 16.0. The fourth-order valence-corrected chi connectivity index (χ4v) is 4.95. The number of imidazole rings is 1. The molecule has 37 heavy (non-hydrogen) atoms. The van der Waals surface area contributed by atoms with Gasteiger partial charge < -0.3 is 15.2 Å². The Kier molecular flexibility index (Phi) is 5.08. The van der Waals surface area contributed by atoms with Crippen molar-refractivity contribution in [1.82, 2.24) is 35.1 Å². The van der Waals surface area contributed by atoms with Crippen LogP contribution < -0.4 is 10.2 Å². The maximum absolute atomic E-state index is 16.0. The van der Waals surface area contributed by atoms with E-state index >= 15 is 4.39 Å². The van der Waals surface area contributed by atoms with Crippen LogP contribution in [0, 0.1) is 11.7 Å². The van der Waals surface area contributed by atoms with E-state index in [4.69, 9.17) is 4.98 Å². The summed E-state index contributed by atoms with van der Waals surface area (Å²) < 4.78 is 16.0. The number of nitrogens with one attached hydrogen (secondary N) is 3. The lowest BCUT2D eigenvalue weighted by atomic mass is 10.1. The summed E-state index contributed by atoms with van der Waals surface area (Å²) in [5, 5.41) is 10.4. The lowest BCUT2D eigenvalue weighted by Gasteiger charge is -2.27. The van der Waals surface area contributed by atoms with Gasteiger partial charge in [-0.15, -0.1) is 0 Å². The molecule has 0 atom stereocenters. The first-order chi connectivity index (χ1) is 18.2. The molecular weight excluding hydrogens is 473 g/mol. The molecule has 1 saturated heterocycles. The van der Waals surface area contributed by atoms with Crippen LogP contribution >= 0.6 is 0 Å². The van der Waals surface area contributed by atoms with Crippen LogP contribution in [0.3, 0.4) is 0 Å². The third-order valence-electron chi connectivity index (χ3n) is 7.03. The van der Waals surface area contributed by atoms with Crippen molar-refractivity contribution in [1.29, 1.82) is 0 Å². The van der Waals surface area contributed by atoms with Crippen LogP contribution in [0.25, 0.3) is 44.7 Å². The van der Waals surface area contributed by atoms with Crippen molar-refractivity contribution < 1.29 is 9.18 Å². The van der Waals surface area contributed by atoms with Gasteiger partial charge in [-0.3, -0.25) is 19.9 Å². The molecule has 5 aromatic heterocycles. The lowest BCUT2D eigenvalue weighted by Crippen LogP contribution is -2.30. The molecule has 0 unspecified atom stereocenters. The van der Waals surface area contributed by atoms with E-state index in [0.717, 1.165) is 55.6 Å². The van der Waals surface area contributed by atoms with Crippen molar-refractivity contribution in [3.05, 3.63) is 42.7 Å². The van der Waals surface area contributed by atoms with E-state index in [1.807, 2.05) is 6.07 Å². The summed E-state index contributed by atoms with van der Waals surface area (Å²) in [7, 11) is 0. The zero-order valence-electron chi connectivity index (χ0n) is 20.0. The van der Waals surface area contributed by atoms with E-state index in [1.54, 1.807) is 24.7 Å². The van der Waals surface area contributed by atoms with Gasteiger partial charge in [0.05, 0.1) is 34.5 Å². The van der Waals surface area contributed by atoms with Crippen molar-refractivity contribution in [2.24, 2.45) is 5.92 Å². The predicted octanol–water partition coefficient (Wildman–Crippen LogP) is 4.44. The largest absolute Gasteiger partial charge is 0.355 e. The maximum atomic E-state index is 16.0. The van der Waals surface area contributed by atoms with Gasteiger partial charge in [-0.2, -0.15) is 5.10 Å². The number of H-pyrrole nitrogens is 2. The van der Waals surface area contributed by atoms with E-state index in [9.17, 15) is 4.79 Å². The predicted molar refractivity (Wildman–Crippen MR) is 137 cm³/mol. The lowest BCUT2D eigenvalue weighted by molar-refractivity contribution is -0.117. The third kappa shape index (κ3) is 3.87. The zero-order valence-corrected chi connectivity index (χ0v) is 20.0. The van der Waals surface area contributed by atoms with Gasteiger partial charge in [-0.25, -0.2) is 14.4 Å². The zero-order chi connectivity index (χ0) is 24.9. The smallest absolute Gasteiger partial charge is 0.227 e. The second-order valence-electron chi connectivity index (χ2n) is 9.67. The Morgan fingerprint density at radius 2 is 1.92 bits per heavy atom. The Balaban J connectivity index is 1.29. The number of carbonyl (C=O) groups excluding carboxylic acids is 1. The molecule has 3 N–H and O–H groups in total. The molecule has 1 amide bonds. The van der Waals surface area contributed by atoms with E-state index in [1.165, 1.54) is 12.6 Å². The van der Waals surface area contributed by atoms with Crippen molar-refractivity contribution in [3.8, 4) is 22.8 Å². The number of halogens is 1. The molecule has 0 radical (unpaired) electrons. The van der Waals surface area contributed by atoms with Gasteiger partial charge in [0.25, 0.3) is 0 Å². The highest BCUT2D eigenvalue weighted by atomic mass is 19.1. The van der Waals surface area contributed by atoms with Gasteiger partial charge in [-0.1, -0.05) is 0 Å². The second kappa shape index (κ2) is 8.61. The molecule has 1 aliphatic carbocycles. The second-order valence-corrected chi connectivity index (χ2v) is 9.67. The van der Waals surface area contributed by atoms with Crippen molar-refractivity contribution >= 4 is 39.3 Å². The quantitative estimate of drug-likeness (QED) is 0.328. The number of rotatable bonds is 5. The highest BCUT2D eigenvalue weighted by Gasteiger charge is 2.30. The molecule has 10 nitrogen and oxygen atoms in total. The van der Waals surface area contributed by atoms with E-state index < -0.39 is 5.82 Å². The molecule has 0 aromatic carbocycles. The van der Waals surface area contributed by atoms with Crippen LogP contribution in [0.15, 0.2) is 36.9 Å². The third-order valence-corrected chi connectivity index (χ3v) is 7.03. The number of amides is 1. The first-order valence-electron chi connectivity index (χ1n) is 12.5. The number of carbonyl (C=O) groups is 1. The number of aromatic amines is 2. The number of aromatic nitrogens is 7. The van der Waals surface area contributed by atoms with Crippen LogP contribution in [-0.2, 0) is 4.79 Å². The molecule has 7 rings (SSSR count). The molecule has 0 spiro atoms. The van der Waals surface area contributed by atoms with E-state index in [0.29, 0.717) is 28.3 Å². The number of hydrogen-bond donors (Lipinski definition) is 3. The fraction of sp³-hybridized carbons (Fsp3) is 0.308. The van der Waals surface area contributed by atoms with Crippen molar-refractivity contribution in [2.75, 3.05) is 23.3 Å². The van der Waals surface area contributed by atoms with Gasteiger partial charge in [-0.05, 0) is 44.2 Å². The number of nitrogens with zero attached hydrogens (tertiary/aromatic N) is 6. The van der Waals surface area contributed by atoms with Crippen molar-refractivity contribution in [2.45, 2.75) is 32.1 Å². The van der Waals surface area contributed by atoms with Gasteiger partial charge in [0, 0.05) is 37.0 Å². The summed E-state index contributed by atoms with van der Waals surface area (Å²) in [6.07, 6.45) is 11.6. The minimum atomic E-state index is -0.538. The molecule has 11 heteroatoms. The minimum Gasteiger partial charge on any atom is -0.355 e. The Labute approximate surface area is 210 Å². The summed E-state index contributed by atoms with van der Waals surface area (Å²) in [4.78, 5) is 35.6. The highest BCUT2D eigenvalue weighted by Crippen LogP contribution is 2.35. The Bertz CT molecular complexity index is 1650. The van der Waals surface area contributed by atoms with Crippen LogP contribution in [0.5, 0.6) is 0 Å². The average Bonchev–Trinajstić information content (AvgIpc) is 3.54. The minimum absolute atomic E-state index is 0.0387. The molecule has 0 bridgehead atoms. The average molecular weight is 498 g/mol. The molecule has 2 aliphatic rings. The molecular formula is C26H24FN9O. The van der Waals surface area contributed by atoms with Gasteiger partial charge >= 0.3 is 0 Å². The monoisotopic (exact) mass is 497 g/mol. The van der Waals surface area contributed by atoms with E-state index in [-0.39, 0.29) is 22.9 Å². The first-order valence-corrected chi connectivity index (χ1v) is 12.5. The fourth-order valence-electron chi connectivity index (χ4n) is 4.95. The number of piperidine rings is 1. The van der Waals surface area contributed by atoms with Crippen LogP contribution in [0.1, 0.15) is 32.1 Å². The van der Waals surface area contributed by atoms with Gasteiger partial charge in [0.15, 0.2) is 17.5 Å². The molecule has 2 fully saturated rings. The number of pyridine rings is 3. The number of fused-ring (bicyclic) bond motifs is 2. The summed E-state index contributed by atoms with van der Waals surface area (Å²) in [5.41, 5.74) is 3.48. The number of hydrogen-bond acceptors (Lipinski definition) is 7. The number of anilines is 2. The topological polar surface area (TPSA) is 128 Å². The molecule has 186 valence electrons. The van der Waals surface area contributed by atoms with Crippen LogP contribution in [-0.4, -0.2) is 54.1 Å². The molecule has 1 saturated carbocycles. The summed E-state index contributed by atoms with van der Waals surface area (Å²) in [6, 6.07) is 3.55. The summed E-state index contributed by atoms with van der Waals surface area (Å²) in [5.74, 6) is 0.759. The summed E-state index contributed by atoms with van der Waals surface area (Å²) >= 11 is 0. The van der Waals surface area contributed by atoms with Crippen LogP contribution in [0.2, 0.25) is 0 Å². The highest BCUT2D eigenvalue weighted by molar-refractivity contribution is 5.97. The van der Waals surface area contributed by atoms with Crippen molar-refractivity contribution in [3.63, 3.8) is 0 Å². The molecule has 6 heterocycles.